The zero-order chi connectivity index (χ0) is 13.4. The van der Waals surface area contributed by atoms with Crippen LogP contribution in [0.15, 0.2) is 42.6 Å². The van der Waals surface area contributed by atoms with Crippen molar-refractivity contribution in [1.82, 2.24) is 14.6 Å². The van der Waals surface area contributed by atoms with Crippen LogP contribution >= 0.6 is 0 Å². The molecular weight excluding hydrogens is 246 g/mol. The first-order chi connectivity index (χ1) is 9.16. The summed E-state index contributed by atoms with van der Waals surface area (Å²) in [6.07, 6.45) is 1.61. The molecule has 0 radical (unpaired) electrons. The van der Waals surface area contributed by atoms with Gasteiger partial charge < -0.3 is 10.2 Å². The molecule has 0 spiro atoms. The van der Waals surface area contributed by atoms with Crippen molar-refractivity contribution < 1.29 is 15.0 Å². The minimum atomic E-state index is -1.07. The first-order valence-electron chi connectivity index (χ1n) is 5.54. The van der Waals surface area contributed by atoms with Crippen LogP contribution in [-0.2, 0) is 0 Å². The van der Waals surface area contributed by atoms with E-state index >= 15 is 0 Å². The summed E-state index contributed by atoms with van der Waals surface area (Å²) in [5.74, 6) is -0.732. The van der Waals surface area contributed by atoms with Gasteiger partial charge in [-0.05, 0) is 24.3 Å². The Morgan fingerprint density at radius 3 is 2.68 bits per heavy atom. The van der Waals surface area contributed by atoms with Crippen LogP contribution in [0, 0.1) is 0 Å². The number of benzene rings is 1. The lowest BCUT2D eigenvalue weighted by Crippen LogP contribution is -2.00. The number of aromatic carboxylic acids is 1. The molecule has 3 rings (SSSR count). The van der Waals surface area contributed by atoms with Gasteiger partial charge in [0, 0.05) is 6.20 Å². The van der Waals surface area contributed by atoms with Crippen LogP contribution in [0.25, 0.3) is 17.0 Å². The first-order valence-corrected chi connectivity index (χ1v) is 5.54. The van der Waals surface area contributed by atoms with Crippen molar-refractivity contribution in [3.8, 4) is 17.1 Å². The summed E-state index contributed by atoms with van der Waals surface area (Å²) in [5, 5.41) is 23.0. The number of nitrogens with zero attached hydrogens (tertiary/aromatic N) is 3. The number of para-hydroxylation sites is 1. The predicted octanol–water partition coefficient (Wildman–Crippen LogP) is 1.80. The second kappa shape index (κ2) is 4.09. The number of fused-ring (bicyclic) bond motifs is 1. The predicted molar refractivity (Wildman–Crippen MR) is 67.0 cm³/mol. The zero-order valence-corrected chi connectivity index (χ0v) is 9.69. The van der Waals surface area contributed by atoms with E-state index in [4.69, 9.17) is 5.11 Å². The quantitative estimate of drug-likeness (QED) is 0.729. The molecule has 0 atom stereocenters. The molecule has 19 heavy (non-hydrogen) atoms. The smallest absolute Gasteiger partial charge is 0.339 e. The number of aromatic hydroxyl groups is 1. The van der Waals surface area contributed by atoms with Crippen molar-refractivity contribution in [2.24, 2.45) is 0 Å². The molecule has 0 aliphatic rings. The molecular formula is C13H9N3O3. The molecule has 0 unspecified atom stereocenters. The Balaban J connectivity index is 2.26. The Kier molecular flexibility index (Phi) is 2.42. The molecule has 2 heterocycles. The number of carboxylic acid groups (broad SMARTS) is 1. The highest BCUT2D eigenvalue weighted by Gasteiger charge is 2.15. The molecule has 0 saturated heterocycles. The first kappa shape index (κ1) is 11.2. The number of rotatable bonds is 2. The summed E-state index contributed by atoms with van der Waals surface area (Å²) >= 11 is 0. The molecule has 0 fully saturated rings. The summed E-state index contributed by atoms with van der Waals surface area (Å²) < 4.78 is 1.38. The van der Waals surface area contributed by atoms with E-state index in [0.717, 1.165) is 0 Å². The third kappa shape index (κ3) is 1.79. The van der Waals surface area contributed by atoms with Gasteiger partial charge in [-0.1, -0.05) is 12.1 Å². The number of hydrogen-bond donors (Lipinski definition) is 2. The maximum Gasteiger partial charge on any atom is 0.339 e. The SMILES string of the molecule is O=C(O)c1cccn2nc(-c3ccccc3O)nc12. The van der Waals surface area contributed by atoms with Gasteiger partial charge in [-0.25, -0.2) is 14.3 Å². The second-order valence-electron chi connectivity index (χ2n) is 3.95. The van der Waals surface area contributed by atoms with Gasteiger partial charge in [0.1, 0.15) is 11.3 Å². The lowest BCUT2D eigenvalue weighted by Gasteiger charge is -1.97. The highest BCUT2D eigenvalue weighted by Crippen LogP contribution is 2.26. The summed E-state index contributed by atoms with van der Waals surface area (Å²) in [6.45, 7) is 0. The van der Waals surface area contributed by atoms with Crippen molar-refractivity contribution in [3.63, 3.8) is 0 Å². The van der Waals surface area contributed by atoms with Gasteiger partial charge in [0.2, 0.25) is 0 Å². The normalized spacial score (nSPS) is 10.7. The topological polar surface area (TPSA) is 87.7 Å². The fourth-order valence-electron chi connectivity index (χ4n) is 1.85. The van der Waals surface area contributed by atoms with Gasteiger partial charge in [-0.15, -0.1) is 5.10 Å². The molecule has 0 saturated carbocycles. The van der Waals surface area contributed by atoms with Gasteiger partial charge in [0.05, 0.1) is 5.56 Å². The standard InChI is InChI=1S/C13H9N3O3/c17-10-6-2-1-4-8(10)11-14-12-9(13(18)19)5-3-7-16(12)15-11/h1-7,17H,(H,18,19). The van der Waals surface area contributed by atoms with E-state index in [1.54, 1.807) is 30.5 Å². The molecule has 6 nitrogen and oxygen atoms in total. The minimum Gasteiger partial charge on any atom is -0.507 e. The summed E-state index contributed by atoms with van der Waals surface area (Å²) in [4.78, 5) is 15.3. The minimum absolute atomic E-state index is 0.0512. The molecule has 94 valence electrons. The summed E-state index contributed by atoms with van der Waals surface area (Å²) in [7, 11) is 0. The lowest BCUT2D eigenvalue weighted by molar-refractivity contribution is 0.0698. The number of aromatic nitrogens is 3. The third-order valence-electron chi connectivity index (χ3n) is 2.74. The van der Waals surface area contributed by atoms with E-state index in [2.05, 4.69) is 10.1 Å². The van der Waals surface area contributed by atoms with Crippen LogP contribution in [0.3, 0.4) is 0 Å². The van der Waals surface area contributed by atoms with E-state index in [1.165, 1.54) is 16.6 Å². The Morgan fingerprint density at radius 1 is 1.16 bits per heavy atom. The number of hydrogen-bond acceptors (Lipinski definition) is 4. The molecule has 0 aliphatic carbocycles. The van der Waals surface area contributed by atoms with Crippen molar-refractivity contribution in [2.75, 3.05) is 0 Å². The van der Waals surface area contributed by atoms with Crippen LogP contribution in [-0.4, -0.2) is 30.8 Å². The van der Waals surface area contributed by atoms with Crippen molar-refractivity contribution in [1.29, 1.82) is 0 Å². The summed E-state index contributed by atoms with van der Waals surface area (Å²) in [6, 6.07) is 9.68. The van der Waals surface area contributed by atoms with Crippen LogP contribution in [0.2, 0.25) is 0 Å². The Morgan fingerprint density at radius 2 is 1.95 bits per heavy atom. The van der Waals surface area contributed by atoms with Gasteiger partial charge in [-0.3, -0.25) is 0 Å². The molecule has 3 aromatic rings. The number of pyridine rings is 1. The molecule has 2 aromatic heterocycles. The molecule has 0 aliphatic heterocycles. The highest BCUT2D eigenvalue weighted by atomic mass is 16.4. The van der Waals surface area contributed by atoms with E-state index in [0.29, 0.717) is 5.56 Å². The second-order valence-corrected chi connectivity index (χ2v) is 3.95. The molecule has 6 heteroatoms. The Labute approximate surface area is 107 Å². The monoisotopic (exact) mass is 255 g/mol. The van der Waals surface area contributed by atoms with Gasteiger partial charge in [-0.2, -0.15) is 0 Å². The van der Waals surface area contributed by atoms with E-state index in [9.17, 15) is 9.90 Å². The largest absolute Gasteiger partial charge is 0.507 e. The lowest BCUT2D eigenvalue weighted by atomic mass is 10.2. The van der Waals surface area contributed by atoms with Crippen LogP contribution < -0.4 is 0 Å². The van der Waals surface area contributed by atoms with Crippen molar-refractivity contribution in [2.45, 2.75) is 0 Å². The number of carboxylic acids is 1. The summed E-state index contributed by atoms with van der Waals surface area (Å²) in [5.41, 5.74) is 0.771. The number of phenolic OH excluding ortho intramolecular Hbond substituents is 1. The molecule has 0 bridgehead atoms. The zero-order valence-electron chi connectivity index (χ0n) is 9.69. The third-order valence-corrected chi connectivity index (χ3v) is 2.74. The van der Waals surface area contributed by atoms with Crippen LogP contribution in [0.4, 0.5) is 0 Å². The highest BCUT2D eigenvalue weighted by molar-refractivity contribution is 5.94. The average Bonchev–Trinajstić information content (AvgIpc) is 2.82. The van der Waals surface area contributed by atoms with Gasteiger partial charge >= 0.3 is 5.97 Å². The molecule has 0 amide bonds. The van der Waals surface area contributed by atoms with E-state index in [-0.39, 0.29) is 22.8 Å². The van der Waals surface area contributed by atoms with E-state index < -0.39 is 5.97 Å². The Bertz CT molecular complexity index is 780. The molecule has 1 aromatic carbocycles. The Hall–Kier alpha value is -2.89. The van der Waals surface area contributed by atoms with Crippen LogP contribution in [0.5, 0.6) is 5.75 Å². The number of phenols is 1. The van der Waals surface area contributed by atoms with Crippen LogP contribution in [0.1, 0.15) is 10.4 Å². The van der Waals surface area contributed by atoms with Gasteiger partial charge in [0.25, 0.3) is 0 Å². The maximum absolute atomic E-state index is 11.1. The fourth-order valence-corrected chi connectivity index (χ4v) is 1.85. The molecule has 2 N–H and O–H groups in total. The van der Waals surface area contributed by atoms with Crippen molar-refractivity contribution in [3.05, 3.63) is 48.2 Å². The maximum atomic E-state index is 11.1. The average molecular weight is 255 g/mol. The fraction of sp³-hybridized carbons (Fsp3) is 0. The van der Waals surface area contributed by atoms with Gasteiger partial charge in [0.15, 0.2) is 11.5 Å². The van der Waals surface area contributed by atoms with E-state index in [1.807, 2.05) is 0 Å². The number of carbonyl (C=O) groups is 1. The van der Waals surface area contributed by atoms with Crippen molar-refractivity contribution >= 4 is 11.6 Å².